The second-order valence-corrected chi connectivity index (χ2v) is 6.44. The zero-order chi connectivity index (χ0) is 15.6. The maximum absolute atomic E-state index is 11.0. The molecule has 0 saturated heterocycles. The van der Waals surface area contributed by atoms with E-state index in [0.29, 0.717) is 6.42 Å². The van der Waals surface area contributed by atoms with Crippen LogP contribution in [0, 0.1) is 0 Å². The zero-order valence-electron chi connectivity index (χ0n) is 14.5. The van der Waals surface area contributed by atoms with Gasteiger partial charge in [-0.1, -0.05) is 96.8 Å². The lowest BCUT2D eigenvalue weighted by Crippen LogP contribution is -2.12. The average Bonchev–Trinajstić information content (AvgIpc) is 2.50. The molecule has 2 N–H and O–H groups in total. The van der Waals surface area contributed by atoms with Gasteiger partial charge in [0.05, 0.1) is 6.54 Å². The summed E-state index contributed by atoms with van der Waals surface area (Å²) in [6.45, 7) is 2.50. The molecule has 0 heterocycles. The lowest BCUT2D eigenvalue weighted by Gasteiger charge is -2.03. The van der Waals surface area contributed by atoms with Crippen LogP contribution in [0.1, 0.15) is 110 Å². The molecular weight excluding hydrogens is 258 g/mol. The van der Waals surface area contributed by atoms with Crippen LogP contribution in [0.4, 0.5) is 0 Å². The number of hydrogen-bond acceptors (Lipinski definition) is 2. The minimum atomic E-state index is 0.213. The van der Waals surface area contributed by atoms with Crippen molar-refractivity contribution in [1.82, 2.24) is 0 Å². The van der Waals surface area contributed by atoms with Gasteiger partial charge in [-0.2, -0.15) is 0 Å². The summed E-state index contributed by atoms with van der Waals surface area (Å²) in [5.74, 6) is 0.213. The number of Topliss-reactive ketones (excluding diaryl/α,β-unsaturated/α-hetero) is 1. The first-order chi connectivity index (χ1) is 10.3. The van der Waals surface area contributed by atoms with Gasteiger partial charge >= 0.3 is 0 Å². The number of hydrogen-bond donors (Lipinski definition) is 1. The van der Waals surface area contributed by atoms with Crippen molar-refractivity contribution in [3.8, 4) is 0 Å². The highest BCUT2D eigenvalue weighted by Crippen LogP contribution is 2.13. The summed E-state index contributed by atoms with van der Waals surface area (Å²) in [4.78, 5) is 11.0. The fourth-order valence-electron chi connectivity index (χ4n) is 2.80. The number of unbranched alkanes of at least 4 members (excludes halogenated alkanes) is 14. The molecule has 2 heteroatoms. The van der Waals surface area contributed by atoms with Gasteiger partial charge in [0.15, 0.2) is 0 Å². The molecule has 0 aromatic carbocycles. The Morgan fingerprint density at radius 1 is 0.619 bits per heavy atom. The molecule has 0 amide bonds. The van der Waals surface area contributed by atoms with Crippen LogP contribution >= 0.6 is 0 Å². The van der Waals surface area contributed by atoms with Gasteiger partial charge in [-0.15, -0.1) is 0 Å². The van der Waals surface area contributed by atoms with Gasteiger partial charge in [-0.25, -0.2) is 0 Å². The topological polar surface area (TPSA) is 43.1 Å². The molecule has 0 rings (SSSR count). The van der Waals surface area contributed by atoms with Crippen molar-refractivity contribution >= 4 is 5.78 Å². The summed E-state index contributed by atoms with van der Waals surface area (Å²) in [5, 5.41) is 0. The monoisotopic (exact) mass is 297 g/mol. The molecule has 0 aliphatic carbocycles. The van der Waals surface area contributed by atoms with Crippen molar-refractivity contribution in [2.75, 3.05) is 6.54 Å². The fraction of sp³-hybridized carbons (Fsp3) is 0.947. The van der Waals surface area contributed by atoms with E-state index in [1.54, 1.807) is 0 Å². The van der Waals surface area contributed by atoms with Crippen molar-refractivity contribution in [2.24, 2.45) is 5.73 Å². The average molecular weight is 298 g/mol. The first-order valence-corrected chi connectivity index (χ1v) is 9.53. The van der Waals surface area contributed by atoms with Crippen molar-refractivity contribution < 1.29 is 4.79 Å². The molecule has 0 aromatic heterocycles. The summed E-state index contributed by atoms with van der Waals surface area (Å²) in [5.41, 5.74) is 5.28. The molecule has 0 radical (unpaired) electrons. The van der Waals surface area contributed by atoms with E-state index in [1.807, 2.05) is 0 Å². The van der Waals surface area contributed by atoms with E-state index in [9.17, 15) is 4.79 Å². The highest BCUT2D eigenvalue weighted by Gasteiger charge is 1.98. The molecule has 0 saturated carbocycles. The predicted octanol–water partition coefficient (Wildman–Crippen LogP) is 5.78. The first kappa shape index (κ1) is 20.6. The molecule has 126 valence electrons. The molecule has 0 aliphatic rings. The van der Waals surface area contributed by atoms with Gasteiger partial charge in [0.25, 0.3) is 0 Å². The molecule has 0 unspecified atom stereocenters. The van der Waals surface area contributed by atoms with Crippen LogP contribution in [0.15, 0.2) is 0 Å². The number of nitrogens with two attached hydrogens (primary N) is 1. The van der Waals surface area contributed by atoms with E-state index >= 15 is 0 Å². The van der Waals surface area contributed by atoms with Crippen molar-refractivity contribution in [1.29, 1.82) is 0 Å². The zero-order valence-corrected chi connectivity index (χ0v) is 14.5. The smallest absolute Gasteiger partial charge is 0.146 e. The summed E-state index contributed by atoms with van der Waals surface area (Å²) < 4.78 is 0. The highest BCUT2D eigenvalue weighted by molar-refractivity contribution is 5.80. The minimum Gasteiger partial charge on any atom is -0.324 e. The van der Waals surface area contributed by atoms with Crippen LogP contribution in [0.2, 0.25) is 0 Å². The molecule has 2 nitrogen and oxygen atoms in total. The van der Waals surface area contributed by atoms with Crippen molar-refractivity contribution in [3.05, 3.63) is 0 Å². The first-order valence-electron chi connectivity index (χ1n) is 9.53. The standard InChI is InChI=1S/C19H39NO/c1-2-3-4-5-6-7-8-9-10-11-12-13-14-15-16-17-19(21)18-20/h2-18,20H2,1H3. The quantitative estimate of drug-likeness (QED) is 0.346. The number of ketones is 1. The Labute approximate surface area is 133 Å². The minimum absolute atomic E-state index is 0.213. The fourth-order valence-corrected chi connectivity index (χ4v) is 2.80. The van der Waals surface area contributed by atoms with Crippen LogP contribution in [0.25, 0.3) is 0 Å². The molecule has 21 heavy (non-hydrogen) atoms. The lowest BCUT2D eigenvalue weighted by atomic mass is 10.0. The Balaban J connectivity index is 2.98. The summed E-state index contributed by atoms with van der Waals surface area (Å²) in [6.07, 6.45) is 21.2. The van der Waals surface area contributed by atoms with Gasteiger partial charge in [-0.3, -0.25) is 4.79 Å². The molecule has 0 aliphatic heterocycles. The molecule has 0 atom stereocenters. The Hall–Kier alpha value is -0.370. The van der Waals surface area contributed by atoms with E-state index < -0.39 is 0 Å². The summed E-state index contributed by atoms with van der Waals surface area (Å²) >= 11 is 0. The largest absolute Gasteiger partial charge is 0.324 e. The number of rotatable bonds is 17. The Bertz CT molecular complexity index is 216. The van der Waals surface area contributed by atoms with E-state index in [1.165, 1.54) is 89.9 Å². The van der Waals surface area contributed by atoms with E-state index in [-0.39, 0.29) is 12.3 Å². The van der Waals surface area contributed by atoms with Crippen LogP contribution in [-0.2, 0) is 4.79 Å². The number of carbonyl (C=O) groups excluding carboxylic acids is 1. The predicted molar refractivity (Wildman–Crippen MR) is 93.6 cm³/mol. The highest BCUT2D eigenvalue weighted by atomic mass is 16.1. The number of carbonyl (C=O) groups is 1. The van der Waals surface area contributed by atoms with Crippen LogP contribution in [-0.4, -0.2) is 12.3 Å². The summed E-state index contributed by atoms with van der Waals surface area (Å²) in [6, 6.07) is 0. The second kappa shape index (κ2) is 17.7. The van der Waals surface area contributed by atoms with Crippen LogP contribution < -0.4 is 5.73 Å². The van der Waals surface area contributed by atoms with Crippen molar-refractivity contribution in [3.63, 3.8) is 0 Å². The summed E-state index contributed by atoms with van der Waals surface area (Å²) in [7, 11) is 0. The lowest BCUT2D eigenvalue weighted by molar-refractivity contribution is -0.117. The van der Waals surface area contributed by atoms with Gasteiger partial charge in [0.1, 0.15) is 5.78 Å². The SMILES string of the molecule is CCCCCCCCCCCCCCCCCC(=O)CN. The molecule has 0 spiro atoms. The van der Waals surface area contributed by atoms with Crippen molar-refractivity contribution in [2.45, 2.75) is 110 Å². The second-order valence-electron chi connectivity index (χ2n) is 6.44. The third kappa shape index (κ3) is 17.6. The maximum Gasteiger partial charge on any atom is 0.146 e. The van der Waals surface area contributed by atoms with Crippen LogP contribution in [0.3, 0.4) is 0 Å². The Morgan fingerprint density at radius 3 is 1.29 bits per heavy atom. The van der Waals surface area contributed by atoms with Gasteiger partial charge < -0.3 is 5.73 Å². The van der Waals surface area contributed by atoms with E-state index in [4.69, 9.17) is 5.73 Å². The molecular formula is C19H39NO. The third-order valence-electron chi connectivity index (χ3n) is 4.29. The van der Waals surface area contributed by atoms with E-state index in [0.717, 1.165) is 6.42 Å². The molecule has 0 aromatic rings. The Morgan fingerprint density at radius 2 is 0.952 bits per heavy atom. The molecule has 0 bridgehead atoms. The van der Waals surface area contributed by atoms with Gasteiger partial charge in [0, 0.05) is 6.42 Å². The van der Waals surface area contributed by atoms with E-state index in [2.05, 4.69) is 6.92 Å². The normalized spacial score (nSPS) is 11.0. The third-order valence-corrected chi connectivity index (χ3v) is 4.29. The van der Waals surface area contributed by atoms with Gasteiger partial charge in [-0.05, 0) is 6.42 Å². The van der Waals surface area contributed by atoms with Crippen LogP contribution in [0.5, 0.6) is 0 Å². The molecule has 0 fully saturated rings. The van der Waals surface area contributed by atoms with Gasteiger partial charge in [0.2, 0.25) is 0 Å². The Kier molecular flexibility index (Phi) is 17.4. The maximum atomic E-state index is 11.0.